The number of hydrogen-bond donors (Lipinski definition) is 1. The van der Waals surface area contributed by atoms with E-state index in [-0.39, 0.29) is 11.8 Å². The lowest BCUT2D eigenvalue weighted by molar-refractivity contribution is -0.122. The predicted molar refractivity (Wildman–Crippen MR) is 100 cm³/mol. The Balaban J connectivity index is 1.75. The molecule has 1 N–H and O–H groups in total. The Morgan fingerprint density at radius 3 is 2.29 bits per heavy atom. The number of carbonyl (C=O) groups excluding carboxylic acids is 1. The molecule has 24 heavy (non-hydrogen) atoms. The van der Waals surface area contributed by atoms with Gasteiger partial charge in [0.1, 0.15) is 0 Å². The molecule has 0 saturated carbocycles. The molecule has 1 aromatic rings. The van der Waals surface area contributed by atoms with Gasteiger partial charge in [0.25, 0.3) is 0 Å². The molecular formula is C20H33N3O. The third-order valence-corrected chi connectivity index (χ3v) is 4.84. The molecular weight excluding hydrogens is 298 g/mol. The molecule has 2 rings (SSSR count). The standard InChI is InChI=1S/C20H33N3O/c1-16(2)15-18-5-7-19(8-6-18)17(3)20(24)21-9-10-23-13-11-22(4)12-14-23/h5-8,16-17H,9-15H2,1-4H3,(H,21,24)/t17-/m1/s1. The minimum atomic E-state index is -0.0920. The fourth-order valence-electron chi connectivity index (χ4n) is 3.13. The van der Waals surface area contributed by atoms with E-state index in [4.69, 9.17) is 0 Å². The molecule has 1 amide bonds. The Hall–Kier alpha value is -1.39. The first-order chi connectivity index (χ1) is 11.5. The van der Waals surface area contributed by atoms with E-state index in [9.17, 15) is 4.79 Å². The zero-order valence-electron chi connectivity index (χ0n) is 15.7. The van der Waals surface area contributed by atoms with Gasteiger partial charge in [0.15, 0.2) is 0 Å². The summed E-state index contributed by atoms with van der Waals surface area (Å²) in [5.74, 6) is 0.692. The smallest absolute Gasteiger partial charge is 0.227 e. The highest BCUT2D eigenvalue weighted by atomic mass is 16.1. The Morgan fingerprint density at radius 1 is 1.08 bits per heavy atom. The number of benzene rings is 1. The summed E-state index contributed by atoms with van der Waals surface area (Å²) in [6, 6.07) is 8.51. The zero-order valence-corrected chi connectivity index (χ0v) is 15.7. The minimum Gasteiger partial charge on any atom is -0.354 e. The first-order valence-corrected chi connectivity index (χ1v) is 9.23. The van der Waals surface area contributed by atoms with E-state index in [0.717, 1.165) is 51.3 Å². The summed E-state index contributed by atoms with van der Waals surface area (Å²) < 4.78 is 0. The van der Waals surface area contributed by atoms with Gasteiger partial charge >= 0.3 is 0 Å². The second kappa shape index (κ2) is 9.19. The molecule has 1 aromatic carbocycles. The van der Waals surface area contributed by atoms with Crippen LogP contribution in [0.4, 0.5) is 0 Å². The van der Waals surface area contributed by atoms with Crippen molar-refractivity contribution in [2.75, 3.05) is 46.3 Å². The van der Waals surface area contributed by atoms with Crippen LogP contribution in [0.15, 0.2) is 24.3 Å². The van der Waals surface area contributed by atoms with E-state index >= 15 is 0 Å². The summed E-state index contributed by atoms with van der Waals surface area (Å²) in [7, 11) is 2.16. The highest BCUT2D eigenvalue weighted by molar-refractivity contribution is 5.83. The lowest BCUT2D eigenvalue weighted by atomic mass is 9.96. The second-order valence-corrected chi connectivity index (χ2v) is 7.50. The number of likely N-dealkylation sites (N-methyl/N-ethyl adjacent to an activating group) is 1. The summed E-state index contributed by atoms with van der Waals surface area (Å²) in [6.45, 7) is 12.5. The molecule has 0 bridgehead atoms. The molecule has 1 atom stereocenters. The predicted octanol–water partition coefficient (Wildman–Crippen LogP) is 2.35. The molecule has 1 aliphatic rings. The molecule has 1 heterocycles. The maximum absolute atomic E-state index is 12.4. The molecule has 134 valence electrons. The van der Waals surface area contributed by atoms with Crippen molar-refractivity contribution >= 4 is 5.91 Å². The van der Waals surface area contributed by atoms with E-state index in [1.54, 1.807) is 0 Å². The molecule has 0 spiro atoms. The molecule has 0 radical (unpaired) electrons. The minimum absolute atomic E-state index is 0.0920. The largest absolute Gasteiger partial charge is 0.354 e. The third kappa shape index (κ3) is 5.91. The monoisotopic (exact) mass is 331 g/mol. The normalized spacial score (nSPS) is 17.9. The van der Waals surface area contributed by atoms with E-state index in [1.165, 1.54) is 5.56 Å². The molecule has 4 heteroatoms. The summed E-state index contributed by atoms with van der Waals surface area (Å²) >= 11 is 0. The lowest BCUT2D eigenvalue weighted by Gasteiger charge is -2.32. The Kier molecular flexibility index (Phi) is 7.25. The number of nitrogens with one attached hydrogen (secondary N) is 1. The number of piperazine rings is 1. The van der Waals surface area contributed by atoms with Crippen molar-refractivity contribution in [1.82, 2.24) is 15.1 Å². The summed E-state index contributed by atoms with van der Waals surface area (Å²) in [5.41, 5.74) is 2.44. The van der Waals surface area contributed by atoms with Crippen molar-refractivity contribution in [2.24, 2.45) is 5.92 Å². The van der Waals surface area contributed by atoms with Crippen LogP contribution in [0.25, 0.3) is 0 Å². The topological polar surface area (TPSA) is 35.6 Å². The summed E-state index contributed by atoms with van der Waals surface area (Å²) in [6.07, 6.45) is 1.09. The fourth-order valence-corrected chi connectivity index (χ4v) is 3.13. The third-order valence-electron chi connectivity index (χ3n) is 4.84. The van der Waals surface area contributed by atoms with E-state index < -0.39 is 0 Å². The van der Waals surface area contributed by atoms with E-state index in [1.807, 2.05) is 6.92 Å². The van der Waals surface area contributed by atoms with Crippen LogP contribution in [0, 0.1) is 5.92 Å². The second-order valence-electron chi connectivity index (χ2n) is 7.50. The maximum atomic E-state index is 12.4. The molecule has 1 aliphatic heterocycles. The van der Waals surface area contributed by atoms with Gasteiger partial charge in [-0.1, -0.05) is 38.1 Å². The van der Waals surface area contributed by atoms with Crippen molar-refractivity contribution < 1.29 is 4.79 Å². The van der Waals surface area contributed by atoms with Crippen molar-refractivity contribution in [3.05, 3.63) is 35.4 Å². The zero-order chi connectivity index (χ0) is 17.5. The Labute approximate surface area is 147 Å². The van der Waals surface area contributed by atoms with Crippen molar-refractivity contribution in [1.29, 1.82) is 0 Å². The molecule has 4 nitrogen and oxygen atoms in total. The quantitative estimate of drug-likeness (QED) is 0.833. The molecule has 0 aliphatic carbocycles. The van der Waals surface area contributed by atoms with Gasteiger partial charge in [-0.3, -0.25) is 9.69 Å². The Bertz CT molecular complexity index is 504. The van der Waals surface area contributed by atoms with Gasteiger partial charge in [-0.2, -0.15) is 0 Å². The van der Waals surface area contributed by atoms with Crippen LogP contribution in [-0.4, -0.2) is 62.0 Å². The number of hydrogen-bond acceptors (Lipinski definition) is 3. The highest BCUT2D eigenvalue weighted by Gasteiger charge is 2.16. The van der Waals surface area contributed by atoms with Crippen LogP contribution in [0.1, 0.15) is 37.8 Å². The van der Waals surface area contributed by atoms with Gasteiger partial charge in [-0.25, -0.2) is 0 Å². The van der Waals surface area contributed by atoms with Crippen LogP contribution >= 0.6 is 0 Å². The molecule has 1 saturated heterocycles. The number of carbonyl (C=O) groups is 1. The van der Waals surface area contributed by atoms with Crippen molar-refractivity contribution in [2.45, 2.75) is 33.1 Å². The number of amides is 1. The summed E-state index contributed by atoms with van der Waals surface area (Å²) in [4.78, 5) is 17.1. The lowest BCUT2D eigenvalue weighted by Crippen LogP contribution is -2.47. The number of rotatable bonds is 7. The van der Waals surface area contributed by atoms with Gasteiger partial charge in [-0.05, 0) is 37.4 Å². The molecule has 0 aromatic heterocycles. The highest BCUT2D eigenvalue weighted by Crippen LogP contribution is 2.17. The van der Waals surface area contributed by atoms with E-state index in [0.29, 0.717) is 5.92 Å². The van der Waals surface area contributed by atoms with E-state index in [2.05, 4.69) is 60.3 Å². The average Bonchev–Trinajstić information content (AvgIpc) is 2.56. The van der Waals surface area contributed by atoms with Gasteiger partial charge in [0, 0.05) is 39.3 Å². The number of nitrogens with zero attached hydrogens (tertiary/aromatic N) is 2. The molecule has 1 fully saturated rings. The van der Waals surface area contributed by atoms with Crippen molar-refractivity contribution in [3.8, 4) is 0 Å². The van der Waals surface area contributed by atoms with Crippen LogP contribution in [0.5, 0.6) is 0 Å². The van der Waals surface area contributed by atoms with Crippen LogP contribution in [0.3, 0.4) is 0 Å². The van der Waals surface area contributed by atoms with Gasteiger partial charge in [-0.15, -0.1) is 0 Å². The molecule has 0 unspecified atom stereocenters. The van der Waals surface area contributed by atoms with Crippen LogP contribution in [0.2, 0.25) is 0 Å². The first kappa shape index (κ1) is 18.9. The fraction of sp³-hybridized carbons (Fsp3) is 0.650. The SMILES string of the molecule is CC(C)Cc1ccc([C@@H](C)C(=O)NCCN2CCN(C)CC2)cc1. The van der Waals surface area contributed by atoms with Gasteiger partial charge in [0.2, 0.25) is 5.91 Å². The van der Waals surface area contributed by atoms with Crippen molar-refractivity contribution in [3.63, 3.8) is 0 Å². The van der Waals surface area contributed by atoms with Crippen LogP contribution < -0.4 is 5.32 Å². The maximum Gasteiger partial charge on any atom is 0.227 e. The van der Waals surface area contributed by atoms with Gasteiger partial charge in [0.05, 0.1) is 5.92 Å². The van der Waals surface area contributed by atoms with Crippen LogP contribution in [-0.2, 0) is 11.2 Å². The Morgan fingerprint density at radius 2 is 1.71 bits per heavy atom. The average molecular weight is 332 g/mol. The van der Waals surface area contributed by atoms with Gasteiger partial charge < -0.3 is 10.2 Å². The summed E-state index contributed by atoms with van der Waals surface area (Å²) in [5, 5.41) is 3.09. The first-order valence-electron chi connectivity index (χ1n) is 9.23.